The van der Waals surface area contributed by atoms with Crippen LogP contribution in [0.5, 0.6) is 0 Å². The molecule has 1 aromatic heterocycles. The zero-order valence-corrected chi connectivity index (χ0v) is 18.9. The molecule has 1 aromatic carbocycles. The molecule has 0 fully saturated rings. The van der Waals surface area contributed by atoms with Gasteiger partial charge in [-0.05, 0) is 68.2 Å². The molecular formula is C25H24ClN5. The van der Waals surface area contributed by atoms with Gasteiger partial charge in [0.1, 0.15) is 11.2 Å². The minimum Gasteiger partial charge on any atom is -0.345 e. The van der Waals surface area contributed by atoms with Gasteiger partial charge in [-0.1, -0.05) is 24.2 Å². The van der Waals surface area contributed by atoms with Gasteiger partial charge in [-0.25, -0.2) is 4.98 Å². The highest BCUT2D eigenvalue weighted by Crippen LogP contribution is 2.36. The van der Waals surface area contributed by atoms with Crippen molar-refractivity contribution in [2.24, 2.45) is 10.4 Å². The smallest absolute Gasteiger partial charge is 0.136 e. The molecule has 0 N–H and O–H groups in total. The van der Waals surface area contributed by atoms with Gasteiger partial charge in [0, 0.05) is 36.4 Å². The van der Waals surface area contributed by atoms with Gasteiger partial charge in [0.2, 0.25) is 0 Å². The van der Waals surface area contributed by atoms with Crippen LogP contribution in [0.25, 0.3) is 11.1 Å². The van der Waals surface area contributed by atoms with Crippen molar-refractivity contribution in [3.63, 3.8) is 0 Å². The summed E-state index contributed by atoms with van der Waals surface area (Å²) in [5.41, 5.74) is 5.38. The molecule has 5 nitrogen and oxygen atoms in total. The van der Waals surface area contributed by atoms with E-state index in [1.165, 1.54) is 6.20 Å². The third-order valence-electron chi connectivity index (χ3n) is 5.72. The van der Waals surface area contributed by atoms with Crippen LogP contribution in [0.4, 0.5) is 5.69 Å². The summed E-state index contributed by atoms with van der Waals surface area (Å²) in [5, 5.41) is 19.1. The first-order chi connectivity index (χ1) is 14.7. The van der Waals surface area contributed by atoms with E-state index < -0.39 is 5.41 Å². The number of hydrogen-bond acceptors (Lipinski definition) is 5. The maximum absolute atomic E-state index is 9.47. The lowest BCUT2D eigenvalue weighted by Crippen LogP contribution is -2.30. The average molecular weight is 430 g/mol. The largest absolute Gasteiger partial charge is 0.345 e. The minimum absolute atomic E-state index is 0.116. The van der Waals surface area contributed by atoms with Crippen molar-refractivity contribution in [2.75, 3.05) is 11.9 Å². The zero-order chi connectivity index (χ0) is 22.8. The van der Waals surface area contributed by atoms with Gasteiger partial charge in [0.15, 0.2) is 0 Å². The molecule has 31 heavy (non-hydrogen) atoms. The molecule has 0 aliphatic carbocycles. The van der Waals surface area contributed by atoms with E-state index in [1.807, 2.05) is 57.0 Å². The number of nitrogens with zero attached hydrogens (tertiary/aromatic N) is 5. The second-order valence-corrected chi connectivity index (χ2v) is 8.58. The number of allylic oxidation sites excluding steroid dienone is 2. The van der Waals surface area contributed by atoms with Crippen LogP contribution in [0.1, 0.15) is 31.4 Å². The Morgan fingerprint density at radius 2 is 2.00 bits per heavy atom. The summed E-state index contributed by atoms with van der Waals surface area (Å²) in [6, 6.07) is 12.2. The molecule has 0 bridgehead atoms. The highest BCUT2D eigenvalue weighted by molar-refractivity contribution is 6.32. The van der Waals surface area contributed by atoms with Gasteiger partial charge in [-0.15, -0.1) is 0 Å². The maximum Gasteiger partial charge on any atom is 0.136 e. The Balaban J connectivity index is 1.93. The fourth-order valence-electron chi connectivity index (χ4n) is 3.47. The van der Waals surface area contributed by atoms with E-state index in [0.29, 0.717) is 17.1 Å². The van der Waals surface area contributed by atoms with Crippen molar-refractivity contribution in [2.45, 2.75) is 33.2 Å². The number of aliphatic imine (C=N–C) groups is 1. The number of pyridine rings is 1. The molecule has 156 valence electrons. The van der Waals surface area contributed by atoms with Gasteiger partial charge in [0.25, 0.3) is 0 Å². The van der Waals surface area contributed by atoms with Crippen molar-refractivity contribution in [1.82, 2.24) is 4.98 Å². The Labute approximate surface area is 188 Å². The van der Waals surface area contributed by atoms with Gasteiger partial charge in [0.05, 0.1) is 23.1 Å². The number of nitriles is 2. The lowest BCUT2D eigenvalue weighted by atomic mass is 9.81. The third kappa shape index (κ3) is 4.53. The van der Waals surface area contributed by atoms with E-state index in [2.05, 4.69) is 28.7 Å². The highest BCUT2D eigenvalue weighted by Gasteiger charge is 2.31. The third-order valence-corrected chi connectivity index (χ3v) is 6.02. The molecule has 0 radical (unpaired) electrons. The fourth-order valence-corrected chi connectivity index (χ4v) is 3.68. The van der Waals surface area contributed by atoms with E-state index >= 15 is 0 Å². The molecule has 1 atom stereocenters. The van der Waals surface area contributed by atoms with Crippen LogP contribution in [0, 0.1) is 35.0 Å². The van der Waals surface area contributed by atoms with Crippen molar-refractivity contribution >= 4 is 23.5 Å². The number of rotatable bonds is 5. The summed E-state index contributed by atoms with van der Waals surface area (Å²) < 4.78 is 0. The van der Waals surface area contributed by atoms with Crippen LogP contribution in [0.3, 0.4) is 0 Å². The molecule has 0 saturated carbocycles. The van der Waals surface area contributed by atoms with Crippen molar-refractivity contribution < 1.29 is 0 Å². The average Bonchev–Trinajstić information content (AvgIpc) is 2.79. The normalized spacial score (nSPS) is 15.6. The number of aromatic nitrogens is 1. The molecule has 2 aromatic rings. The van der Waals surface area contributed by atoms with Gasteiger partial charge in [-0.2, -0.15) is 10.5 Å². The first-order valence-electron chi connectivity index (χ1n) is 9.91. The minimum atomic E-state index is -0.554. The van der Waals surface area contributed by atoms with E-state index in [-0.39, 0.29) is 6.04 Å². The van der Waals surface area contributed by atoms with Crippen LogP contribution in [0.15, 0.2) is 59.4 Å². The summed E-state index contributed by atoms with van der Waals surface area (Å²) >= 11 is 6.35. The van der Waals surface area contributed by atoms with Gasteiger partial charge < -0.3 is 4.90 Å². The van der Waals surface area contributed by atoms with Gasteiger partial charge >= 0.3 is 0 Å². The second-order valence-electron chi connectivity index (χ2n) is 8.22. The second kappa shape index (κ2) is 8.76. The molecule has 0 amide bonds. The molecule has 1 aliphatic heterocycles. The standard InChI is InChI=1S/C25H24ClN5/c1-16-6-7-20(12-21(16)22-10-18(13-27)14-30-24(22)26)31(5)17(2)19-8-9-29-23(11-19)25(3,4)15-28/h6-10,12,14,23H,2,11H2,1,3-5H3. The number of benzene rings is 1. The van der Waals surface area contributed by atoms with Crippen LogP contribution >= 0.6 is 11.6 Å². The monoisotopic (exact) mass is 429 g/mol. The SMILES string of the molecule is C=C(C1=CC=NC(C(C)(C)C#N)C1)N(C)c1ccc(C)c(-c2cc(C#N)cnc2Cl)c1. The van der Waals surface area contributed by atoms with E-state index in [0.717, 1.165) is 33.6 Å². The predicted molar refractivity (Wildman–Crippen MR) is 126 cm³/mol. The number of aryl methyl sites for hydroxylation is 1. The molecule has 3 rings (SSSR count). The van der Waals surface area contributed by atoms with Crippen LogP contribution in [-0.2, 0) is 0 Å². The Kier molecular flexibility index (Phi) is 6.29. The van der Waals surface area contributed by atoms with Gasteiger partial charge in [-0.3, -0.25) is 4.99 Å². The molecule has 1 unspecified atom stereocenters. The van der Waals surface area contributed by atoms with Crippen molar-refractivity contribution in [3.8, 4) is 23.3 Å². The summed E-state index contributed by atoms with van der Waals surface area (Å²) in [5.74, 6) is 0. The number of anilines is 1. The summed E-state index contributed by atoms with van der Waals surface area (Å²) in [6.45, 7) is 10.1. The van der Waals surface area contributed by atoms with E-state index in [4.69, 9.17) is 11.6 Å². The topological polar surface area (TPSA) is 76.1 Å². The van der Waals surface area contributed by atoms with Crippen molar-refractivity contribution in [1.29, 1.82) is 10.5 Å². The summed E-state index contributed by atoms with van der Waals surface area (Å²) in [6.07, 6.45) is 5.84. The number of hydrogen-bond donors (Lipinski definition) is 0. The Bertz CT molecular complexity index is 1180. The quantitative estimate of drug-likeness (QED) is 0.558. The molecular weight excluding hydrogens is 406 g/mol. The Morgan fingerprint density at radius 1 is 1.26 bits per heavy atom. The molecule has 6 heteroatoms. The maximum atomic E-state index is 9.47. The van der Waals surface area contributed by atoms with Crippen LogP contribution in [0.2, 0.25) is 5.15 Å². The first-order valence-corrected chi connectivity index (χ1v) is 10.3. The summed E-state index contributed by atoms with van der Waals surface area (Å²) in [7, 11) is 1.96. The predicted octanol–water partition coefficient (Wildman–Crippen LogP) is 5.85. The first kappa shape index (κ1) is 22.3. The fraction of sp³-hybridized carbons (Fsp3) is 0.280. The summed E-state index contributed by atoms with van der Waals surface area (Å²) in [4.78, 5) is 10.7. The molecule has 1 aliphatic rings. The lowest BCUT2D eigenvalue weighted by Gasteiger charge is -2.31. The lowest BCUT2D eigenvalue weighted by molar-refractivity contribution is 0.382. The highest BCUT2D eigenvalue weighted by atomic mass is 35.5. The van der Waals surface area contributed by atoms with Crippen LogP contribution < -0.4 is 4.90 Å². The van der Waals surface area contributed by atoms with Crippen LogP contribution in [-0.4, -0.2) is 24.3 Å². The Morgan fingerprint density at radius 3 is 2.68 bits per heavy atom. The number of dihydropyridines is 1. The molecule has 0 spiro atoms. The van der Waals surface area contributed by atoms with E-state index in [9.17, 15) is 10.5 Å². The zero-order valence-electron chi connectivity index (χ0n) is 18.1. The number of halogens is 1. The number of likely N-dealkylation sites (N-methyl/N-ethyl adjacent to an activating group) is 1. The van der Waals surface area contributed by atoms with E-state index in [1.54, 1.807) is 12.3 Å². The molecule has 0 saturated heterocycles. The Hall–Kier alpha value is -3.41. The van der Waals surface area contributed by atoms with Crippen molar-refractivity contribution in [3.05, 3.63) is 70.7 Å². The molecule has 2 heterocycles.